The highest BCUT2D eigenvalue weighted by atomic mass is 16.2. The maximum atomic E-state index is 13.0. The lowest BCUT2D eigenvalue weighted by Gasteiger charge is -2.54. The largest absolute Gasteiger partial charge is 0.351 e. The van der Waals surface area contributed by atoms with Crippen LogP contribution < -0.4 is 5.32 Å². The average Bonchev–Trinajstić information content (AvgIpc) is 2.56. The number of nitrogens with one attached hydrogen (secondary N) is 1. The standard InChI is InChI=1S/C17H29N3O2/c1-3-14(21)18-17-7-4-16(5-8-17,6-9-17)15(22)20-12-10-19(2)11-13-20/h3-13H2,1-2H3,(H,18,21). The molecular weight excluding hydrogens is 278 g/mol. The number of hydrogen-bond acceptors (Lipinski definition) is 3. The van der Waals surface area contributed by atoms with Crippen LogP contribution in [0.5, 0.6) is 0 Å². The van der Waals surface area contributed by atoms with Gasteiger partial charge in [-0.1, -0.05) is 6.92 Å². The van der Waals surface area contributed by atoms with Crippen LogP contribution in [0.3, 0.4) is 0 Å². The van der Waals surface area contributed by atoms with Gasteiger partial charge in [0.15, 0.2) is 0 Å². The quantitative estimate of drug-likeness (QED) is 0.857. The molecule has 0 aromatic heterocycles. The Morgan fingerprint density at radius 1 is 0.955 bits per heavy atom. The summed E-state index contributed by atoms with van der Waals surface area (Å²) in [6.07, 6.45) is 6.30. The predicted molar refractivity (Wildman–Crippen MR) is 85.4 cm³/mol. The van der Waals surface area contributed by atoms with Crippen LogP contribution in [0.25, 0.3) is 0 Å². The summed E-state index contributed by atoms with van der Waals surface area (Å²) in [6, 6.07) is 0. The van der Waals surface area contributed by atoms with E-state index in [0.717, 1.165) is 64.7 Å². The van der Waals surface area contributed by atoms with E-state index in [1.807, 2.05) is 6.92 Å². The molecule has 1 aliphatic heterocycles. The SMILES string of the molecule is CCC(=O)NC12CCC(C(=O)N3CCN(C)CC3)(CC1)CC2. The average molecular weight is 307 g/mol. The van der Waals surface area contributed by atoms with Gasteiger partial charge in [0.1, 0.15) is 0 Å². The molecule has 4 fully saturated rings. The highest BCUT2D eigenvalue weighted by Gasteiger charge is 2.53. The maximum absolute atomic E-state index is 13.0. The molecule has 2 bridgehead atoms. The minimum absolute atomic E-state index is 0.0166. The van der Waals surface area contributed by atoms with Gasteiger partial charge in [0, 0.05) is 43.6 Å². The van der Waals surface area contributed by atoms with Gasteiger partial charge >= 0.3 is 0 Å². The molecule has 2 amide bonds. The lowest BCUT2D eigenvalue weighted by molar-refractivity contribution is -0.152. The fourth-order valence-corrected chi connectivity index (χ4v) is 4.42. The summed E-state index contributed by atoms with van der Waals surface area (Å²) in [4.78, 5) is 29.2. The number of carbonyl (C=O) groups excluding carboxylic acids is 2. The molecule has 1 N–H and O–H groups in total. The van der Waals surface area contributed by atoms with Crippen molar-refractivity contribution in [3.8, 4) is 0 Å². The first-order valence-corrected chi connectivity index (χ1v) is 8.78. The van der Waals surface area contributed by atoms with Crippen molar-refractivity contribution in [3.05, 3.63) is 0 Å². The van der Waals surface area contributed by atoms with Crippen molar-refractivity contribution < 1.29 is 9.59 Å². The van der Waals surface area contributed by atoms with E-state index in [1.54, 1.807) is 0 Å². The molecule has 0 unspecified atom stereocenters. The van der Waals surface area contributed by atoms with E-state index in [4.69, 9.17) is 0 Å². The summed E-state index contributed by atoms with van der Waals surface area (Å²) in [6.45, 7) is 5.61. The molecule has 0 spiro atoms. The van der Waals surface area contributed by atoms with Crippen molar-refractivity contribution in [2.24, 2.45) is 5.41 Å². The molecular formula is C17H29N3O2. The molecule has 0 aromatic carbocycles. The van der Waals surface area contributed by atoms with Crippen molar-refractivity contribution in [3.63, 3.8) is 0 Å². The Morgan fingerprint density at radius 2 is 1.50 bits per heavy atom. The van der Waals surface area contributed by atoms with Gasteiger partial charge < -0.3 is 15.1 Å². The highest BCUT2D eigenvalue weighted by molar-refractivity contribution is 5.83. The molecule has 1 saturated heterocycles. The Hall–Kier alpha value is -1.10. The molecule has 1 heterocycles. The third-order valence-electron chi connectivity index (χ3n) is 6.22. The van der Waals surface area contributed by atoms with E-state index >= 15 is 0 Å². The van der Waals surface area contributed by atoms with Gasteiger partial charge in [-0.3, -0.25) is 9.59 Å². The second-order valence-corrected chi connectivity index (χ2v) is 7.56. The molecule has 4 rings (SSSR count). The van der Waals surface area contributed by atoms with Gasteiger partial charge in [-0.05, 0) is 45.6 Å². The zero-order valence-electron chi connectivity index (χ0n) is 14.0. The lowest BCUT2D eigenvalue weighted by Crippen LogP contribution is -2.61. The molecule has 22 heavy (non-hydrogen) atoms. The molecule has 4 aliphatic rings. The van der Waals surface area contributed by atoms with Gasteiger partial charge in [-0.2, -0.15) is 0 Å². The summed E-state index contributed by atoms with van der Waals surface area (Å²) >= 11 is 0. The first-order valence-electron chi connectivity index (χ1n) is 8.78. The number of nitrogens with zero attached hydrogens (tertiary/aromatic N) is 2. The van der Waals surface area contributed by atoms with Crippen molar-refractivity contribution in [1.82, 2.24) is 15.1 Å². The van der Waals surface area contributed by atoms with E-state index in [0.29, 0.717) is 12.3 Å². The Balaban J connectivity index is 1.63. The van der Waals surface area contributed by atoms with Crippen molar-refractivity contribution in [2.45, 2.75) is 57.4 Å². The first kappa shape index (κ1) is 15.8. The normalized spacial score (nSPS) is 35.5. The van der Waals surface area contributed by atoms with Crippen LogP contribution in [-0.2, 0) is 9.59 Å². The van der Waals surface area contributed by atoms with Gasteiger partial charge in [0.25, 0.3) is 0 Å². The number of likely N-dealkylation sites (N-methyl/N-ethyl adjacent to an activating group) is 1. The molecule has 5 nitrogen and oxygen atoms in total. The van der Waals surface area contributed by atoms with E-state index in [9.17, 15) is 9.59 Å². The molecule has 3 aliphatic carbocycles. The van der Waals surface area contributed by atoms with Crippen molar-refractivity contribution in [1.29, 1.82) is 0 Å². The number of hydrogen-bond donors (Lipinski definition) is 1. The smallest absolute Gasteiger partial charge is 0.228 e. The molecule has 0 radical (unpaired) electrons. The highest BCUT2D eigenvalue weighted by Crippen LogP contribution is 2.53. The molecule has 124 valence electrons. The summed E-state index contributed by atoms with van der Waals surface area (Å²) in [5, 5.41) is 3.24. The zero-order valence-corrected chi connectivity index (χ0v) is 14.0. The van der Waals surface area contributed by atoms with Crippen LogP contribution in [0.1, 0.15) is 51.9 Å². The third kappa shape index (κ3) is 2.75. The second-order valence-electron chi connectivity index (χ2n) is 7.56. The molecule has 0 atom stereocenters. The van der Waals surface area contributed by atoms with Crippen LogP contribution >= 0.6 is 0 Å². The Bertz CT molecular complexity index is 430. The van der Waals surface area contributed by atoms with Crippen LogP contribution in [0, 0.1) is 5.41 Å². The van der Waals surface area contributed by atoms with Crippen LogP contribution in [-0.4, -0.2) is 60.4 Å². The van der Waals surface area contributed by atoms with Gasteiger partial charge in [-0.25, -0.2) is 0 Å². The van der Waals surface area contributed by atoms with E-state index in [1.165, 1.54) is 0 Å². The molecule has 0 aromatic rings. The Morgan fingerprint density at radius 3 is 2.00 bits per heavy atom. The van der Waals surface area contributed by atoms with Crippen molar-refractivity contribution >= 4 is 11.8 Å². The minimum Gasteiger partial charge on any atom is -0.351 e. The lowest BCUT2D eigenvalue weighted by atomic mass is 9.56. The fourth-order valence-electron chi connectivity index (χ4n) is 4.42. The number of rotatable bonds is 3. The number of carbonyl (C=O) groups is 2. The van der Waals surface area contributed by atoms with Gasteiger partial charge in [0.05, 0.1) is 0 Å². The summed E-state index contributed by atoms with van der Waals surface area (Å²) < 4.78 is 0. The number of piperazine rings is 1. The minimum atomic E-state index is -0.130. The Kier molecular flexibility index (Phi) is 4.19. The number of amides is 2. The Labute approximate surface area is 133 Å². The van der Waals surface area contributed by atoms with Crippen LogP contribution in [0.15, 0.2) is 0 Å². The molecule has 3 saturated carbocycles. The van der Waals surface area contributed by atoms with E-state index in [-0.39, 0.29) is 16.9 Å². The fraction of sp³-hybridized carbons (Fsp3) is 0.882. The summed E-state index contributed by atoms with van der Waals surface area (Å²) in [5.74, 6) is 0.538. The van der Waals surface area contributed by atoms with E-state index in [2.05, 4.69) is 22.2 Å². The first-order chi connectivity index (χ1) is 10.5. The second kappa shape index (κ2) is 5.84. The third-order valence-corrected chi connectivity index (χ3v) is 6.22. The maximum Gasteiger partial charge on any atom is 0.228 e. The summed E-state index contributed by atoms with van der Waals surface area (Å²) in [5.41, 5.74) is -0.147. The number of fused-ring (bicyclic) bond motifs is 3. The van der Waals surface area contributed by atoms with Gasteiger partial charge in [-0.15, -0.1) is 0 Å². The van der Waals surface area contributed by atoms with Gasteiger partial charge in [0.2, 0.25) is 11.8 Å². The summed E-state index contributed by atoms with van der Waals surface area (Å²) in [7, 11) is 2.12. The van der Waals surface area contributed by atoms with Crippen LogP contribution in [0.4, 0.5) is 0 Å². The van der Waals surface area contributed by atoms with E-state index < -0.39 is 0 Å². The topological polar surface area (TPSA) is 52.7 Å². The van der Waals surface area contributed by atoms with Crippen molar-refractivity contribution in [2.75, 3.05) is 33.2 Å². The predicted octanol–water partition coefficient (Wildman–Crippen LogP) is 1.38. The van der Waals surface area contributed by atoms with Crippen LogP contribution in [0.2, 0.25) is 0 Å². The monoisotopic (exact) mass is 307 g/mol. The zero-order chi connectivity index (χ0) is 15.8. The molecule has 5 heteroatoms.